The van der Waals surface area contributed by atoms with Crippen molar-refractivity contribution in [2.24, 2.45) is 7.05 Å². The van der Waals surface area contributed by atoms with Crippen LogP contribution in [0.15, 0.2) is 18.2 Å². The fourth-order valence-corrected chi connectivity index (χ4v) is 2.44. The molecule has 0 amide bonds. The van der Waals surface area contributed by atoms with Crippen LogP contribution in [-0.4, -0.2) is 9.55 Å². The molecule has 0 aliphatic heterocycles. The molecule has 1 aromatic carbocycles. The molecule has 0 fully saturated rings. The molecule has 0 aliphatic carbocycles. The number of benzene rings is 1. The standard InChI is InChI=1S/C14H17Cl2N3/c1-14(2,3)13-18-11(12(17)19(13)4)9-7-8(15)5-6-10(9)16/h5-7H,17H2,1-4H3. The van der Waals surface area contributed by atoms with Gasteiger partial charge in [-0.05, 0) is 18.2 Å². The molecule has 0 spiro atoms. The van der Waals surface area contributed by atoms with E-state index in [1.54, 1.807) is 18.2 Å². The van der Waals surface area contributed by atoms with Gasteiger partial charge in [0.2, 0.25) is 0 Å². The van der Waals surface area contributed by atoms with Crippen LogP contribution in [0.25, 0.3) is 11.3 Å². The van der Waals surface area contributed by atoms with E-state index in [2.05, 4.69) is 25.8 Å². The van der Waals surface area contributed by atoms with Crippen molar-refractivity contribution in [1.29, 1.82) is 0 Å². The first-order valence-corrected chi connectivity index (χ1v) is 6.75. The molecule has 0 saturated heterocycles. The SMILES string of the molecule is Cn1c(C(C)(C)C)nc(-c2cc(Cl)ccc2Cl)c1N. The molecule has 1 heterocycles. The molecule has 19 heavy (non-hydrogen) atoms. The number of nitrogen functional groups attached to an aromatic ring is 1. The second-order valence-electron chi connectivity index (χ2n) is 5.60. The number of hydrogen-bond donors (Lipinski definition) is 1. The van der Waals surface area contributed by atoms with Gasteiger partial charge in [-0.2, -0.15) is 0 Å². The molecule has 0 saturated carbocycles. The van der Waals surface area contributed by atoms with Crippen LogP contribution in [0.5, 0.6) is 0 Å². The lowest BCUT2D eigenvalue weighted by Gasteiger charge is -2.17. The molecule has 3 nitrogen and oxygen atoms in total. The van der Waals surface area contributed by atoms with Gasteiger partial charge in [0.1, 0.15) is 17.3 Å². The highest BCUT2D eigenvalue weighted by Gasteiger charge is 2.24. The Morgan fingerprint density at radius 2 is 1.84 bits per heavy atom. The maximum atomic E-state index is 6.22. The minimum atomic E-state index is -0.0911. The van der Waals surface area contributed by atoms with Crippen molar-refractivity contribution >= 4 is 29.0 Å². The average molecular weight is 298 g/mol. The summed E-state index contributed by atoms with van der Waals surface area (Å²) in [6, 6.07) is 5.29. The predicted molar refractivity (Wildman–Crippen MR) is 81.8 cm³/mol. The maximum absolute atomic E-state index is 6.22. The van der Waals surface area contributed by atoms with Crippen molar-refractivity contribution in [2.45, 2.75) is 26.2 Å². The highest BCUT2D eigenvalue weighted by atomic mass is 35.5. The predicted octanol–water partition coefficient (Wildman–Crippen LogP) is 4.27. The van der Waals surface area contributed by atoms with Crippen LogP contribution >= 0.6 is 23.2 Å². The second-order valence-corrected chi connectivity index (χ2v) is 6.45. The van der Waals surface area contributed by atoms with E-state index in [-0.39, 0.29) is 5.41 Å². The molecule has 1 aromatic heterocycles. The topological polar surface area (TPSA) is 43.8 Å². The van der Waals surface area contributed by atoms with E-state index in [1.807, 2.05) is 11.6 Å². The number of imidazole rings is 1. The monoisotopic (exact) mass is 297 g/mol. The molecule has 2 aromatic rings. The minimum absolute atomic E-state index is 0.0911. The zero-order valence-electron chi connectivity index (χ0n) is 11.5. The Hall–Kier alpha value is -1.19. The van der Waals surface area contributed by atoms with Crippen molar-refractivity contribution in [3.63, 3.8) is 0 Å². The third-order valence-corrected chi connectivity index (χ3v) is 3.56. The third-order valence-electron chi connectivity index (χ3n) is 2.99. The van der Waals surface area contributed by atoms with Crippen molar-refractivity contribution in [1.82, 2.24) is 9.55 Å². The van der Waals surface area contributed by atoms with E-state index < -0.39 is 0 Å². The van der Waals surface area contributed by atoms with Gasteiger partial charge in [0.15, 0.2) is 0 Å². The fourth-order valence-electron chi connectivity index (χ4n) is 2.06. The second kappa shape index (κ2) is 4.73. The Morgan fingerprint density at radius 3 is 2.37 bits per heavy atom. The largest absolute Gasteiger partial charge is 0.383 e. The lowest BCUT2D eigenvalue weighted by molar-refractivity contribution is 0.524. The molecule has 0 aliphatic rings. The number of halogens is 2. The van der Waals surface area contributed by atoms with E-state index in [4.69, 9.17) is 28.9 Å². The Bertz CT molecular complexity index is 624. The van der Waals surface area contributed by atoms with Crippen molar-refractivity contribution in [3.05, 3.63) is 34.1 Å². The summed E-state index contributed by atoms with van der Waals surface area (Å²) in [5.74, 6) is 1.50. The van der Waals surface area contributed by atoms with E-state index in [0.717, 1.165) is 11.4 Å². The quantitative estimate of drug-likeness (QED) is 0.854. The van der Waals surface area contributed by atoms with E-state index in [9.17, 15) is 0 Å². The first kappa shape index (κ1) is 14.2. The van der Waals surface area contributed by atoms with Gasteiger partial charge in [-0.1, -0.05) is 44.0 Å². The number of anilines is 1. The highest BCUT2D eigenvalue weighted by molar-refractivity contribution is 6.35. The van der Waals surface area contributed by atoms with E-state index in [0.29, 0.717) is 21.6 Å². The van der Waals surface area contributed by atoms with Crippen LogP contribution in [-0.2, 0) is 12.5 Å². The molecule has 5 heteroatoms. The average Bonchev–Trinajstić information content (AvgIpc) is 2.59. The van der Waals surface area contributed by atoms with Crippen molar-refractivity contribution < 1.29 is 0 Å². The van der Waals surface area contributed by atoms with Crippen LogP contribution in [0.4, 0.5) is 5.82 Å². The molecule has 102 valence electrons. The number of aromatic nitrogens is 2. The van der Waals surface area contributed by atoms with E-state index in [1.165, 1.54) is 0 Å². The molecular weight excluding hydrogens is 281 g/mol. The van der Waals surface area contributed by atoms with Crippen LogP contribution in [0.2, 0.25) is 10.0 Å². The van der Waals surface area contributed by atoms with Gasteiger partial charge in [0.25, 0.3) is 0 Å². The van der Waals surface area contributed by atoms with Crippen LogP contribution in [0, 0.1) is 0 Å². The Kier molecular flexibility index (Phi) is 3.54. The molecule has 0 bridgehead atoms. The van der Waals surface area contributed by atoms with Crippen molar-refractivity contribution in [3.8, 4) is 11.3 Å². The van der Waals surface area contributed by atoms with Gasteiger partial charge in [-0.25, -0.2) is 4.98 Å². The number of nitrogens with zero attached hydrogens (tertiary/aromatic N) is 2. The summed E-state index contributed by atoms with van der Waals surface area (Å²) in [6.07, 6.45) is 0. The number of hydrogen-bond acceptors (Lipinski definition) is 2. The van der Waals surface area contributed by atoms with Crippen LogP contribution in [0.1, 0.15) is 26.6 Å². The first-order chi connectivity index (χ1) is 8.71. The van der Waals surface area contributed by atoms with Gasteiger partial charge in [0.05, 0.1) is 5.02 Å². The minimum Gasteiger partial charge on any atom is -0.383 e. The summed E-state index contributed by atoms with van der Waals surface area (Å²) in [6.45, 7) is 6.29. The number of nitrogens with two attached hydrogens (primary N) is 1. The summed E-state index contributed by atoms with van der Waals surface area (Å²) in [4.78, 5) is 4.65. The Morgan fingerprint density at radius 1 is 1.21 bits per heavy atom. The first-order valence-electron chi connectivity index (χ1n) is 6.00. The van der Waals surface area contributed by atoms with Crippen LogP contribution in [0.3, 0.4) is 0 Å². The Balaban J connectivity index is 2.67. The third kappa shape index (κ3) is 2.58. The molecule has 0 radical (unpaired) electrons. The summed E-state index contributed by atoms with van der Waals surface area (Å²) < 4.78 is 1.90. The van der Waals surface area contributed by atoms with Crippen LogP contribution < -0.4 is 5.73 Å². The zero-order valence-corrected chi connectivity index (χ0v) is 13.0. The molecule has 2 N–H and O–H groups in total. The van der Waals surface area contributed by atoms with Gasteiger partial charge in [-0.15, -0.1) is 0 Å². The van der Waals surface area contributed by atoms with Gasteiger partial charge in [-0.3, -0.25) is 0 Å². The van der Waals surface area contributed by atoms with Gasteiger partial charge < -0.3 is 10.3 Å². The smallest absolute Gasteiger partial charge is 0.131 e. The molecule has 0 unspecified atom stereocenters. The number of rotatable bonds is 1. The van der Waals surface area contributed by atoms with Gasteiger partial charge >= 0.3 is 0 Å². The summed E-state index contributed by atoms with van der Waals surface area (Å²) in [5.41, 5.74) is 7.50. The maximum Gasteiger partial charge on any atom is 0.131 e. The normalized spacial score (nSPS) is 11.9. The summed E-state index contributed by atoms with van der Waals surface area (Å²) >= 11 is 12.2. The molecular formula is C14H17Cl2N3. The van der Waals surface area contributed by atoms with Gasteiger partial charge in [0, 0.05) is 23.0 Å². The van der Waals surface area contributed by atoms with Crippen molar-refractivity contribution in [2.75, 3.05) is 5.73 Å². The zero-order chi connectivity index (χ0) is 14.4. The molecule has 2 rings (SSSR count). The lowest BCUT2D eigenvalue weighted by atomic mass is 9.96. The fraction of sp³-hybridized carbons (Fsp3) is 0.357. The molecule has 0 atom stereocenters. The van der Waals surface area contributed by atoms with E-state index >= 15 is 0 Å². The Labute approximate surface area is 123 Å². The lowest BCUT2D eigenvalue weighted by Crippen LogP contribution is -2.17. The summed E-state index contributed by atoms with van der Waals surface area (Å²) in [5, 5.41) is 1.21. The highest BCUT2D eigenvalue weighted by Crippen LogP contribution is 2.35. The summed E-state index contributed by atoms with van der Waals surface area (Å²) in [7, 11) is 1.91.